The van der Waals surface area contributed by atoms with Gasteiger partial charge in [0.15, 0.2) is 0 Å². The number of carboxylic acid groups (broad SMARTS) is 1. The van der Waals surface area contributed by atoms with Gasteiger partial charge in [-0.3, -0.25) is 4.79 Å². The monoisotopic (exact) mass is 356 g/mol. The molecule has 0 fully saturated rings. The summed E-state index contributed by atoms with van der Waals surface area (Å²) in [5.74, 6) is -2.37. The van der Waals surface area contributed by atoms with E-state index in [0.717, 1.165) is 12.3 Å². The van der Waals surface area contributed by atoms with E-state index in [1.165, 1.54) is 28.8 Å². The lowest BCUT2D eigenvalue weighted by Gasteiger charge is -2.14. The lowest BCUT2D eigenvalue weighted by molar-refractivity contribution is 0.0695. The predicted molar refractivity (Wildman–Crippen MR) is 92.0 cm³/mol. The number of aromatic carboxylic acids is 1. The summed E-state index contributed by atoms with van der Waals surface area (Å²) in [5, 5.41) is 27.7. The molecule has 7 nitrogen and oxygen atoms in total. The van der Waals surface area contributed by atoms with Crippen LogP contribution in [0.3, 0.4) is 0 Å². The third-order valence-electron chi connectivity index (χ3n) is 3.82. The number of aliphatic hydroxyl groups is 1. The Labute approximate surface area is 145 Å². The van der Waals surface area contributed by atoms with E-state index in [1.807, 2.05) is 0 Å². The first kappa shape index (κ1) is 17.3. The Morgan fingerprint density at radius 1 is 1.27 bits per heavy atom. The SMILES string of the molecule is C=C(CO)c1nc2c(cc1F)c(=O)c(C(=O)O)cn2-c1ccc(O)cc1. The van der Waals surface area contributed by atoms with Crippen LogP contribution in [0.2, 0.25) is 0 Å². The molecule has 0 spiro atoms. The first-order valence-electron chi connectivity index (χ1n) is 7.41. The number of pyridine rings is 2. The van der Waals surface area contributed by atoms with Gasteiger partial charge in [0.1, 0.15) is 28.5 Å². The molecule has 0 saturated heterocycles. The van der Waals surface area contributed by atoms with Gasteiger partial charge in [-0.05, 0) is 35.9 Å². The summed E-state index contributed by atoms with van der Waals surface area (Å²) in [7, 11) is 0. The zero-order chi connectivity index (χ0) is 19.0. The van der Waals surface area contributed by atoms with E-state index in [-0.39, 0.29) is 28.0 Å². The number of carboxylic acids is 1. The molecule has 0 aliphatic rings. The zero-order valence-corrected chi connectivity index (χ0v) is 13.3. The van der Waals surface area contributed by atoms with E-state index < -0.39 is 29.4 Å². The van der Waals surface area contributed by atoms with Gasteiger partial charge in [0.05, 0.1) is 12.0 Å². The Hall–Kier alpha value is -3.52. The second-order valence-electron chi connectivity index (χ2n) is 5.52. The van der Waals surface area contributed by atoms with Gasteiger partial charge in [-0.1, -0.05) is 6.58 Å². The highest BCUT2D eigenvalue weighted by molar-refractivity contribution is 5.92. The predicted octanol–water partition coefficient (Wildman–Crippen LogP) is 1.93. The maximum atomic E-state index is 14.3. The van der Waals surface area contributed by atoms with Crippen LogP contribution in [0.25, 0.3) is 22.3 Å². The van der Waals surface area contributed by atoms with Crippen LogP contribution < -0.4 is 5.43 Å². The topological polar surface area (TPSA) is 113 Å². The molecular weight excluding hydrogens is 343 g/mol. The second-order valence-corrected chi connectivity index (χ2v) is 5.52. The maximum Gasteiger partial charge on any atom is 0.341 e. The van der Waals surface area contributed by atoms with Crippen LogP contribution in [0.1, 0.15) is 16.1 Å². The highest BCUT2D eigenvalue weighted by Gasteiger charge is 2.19. The number of aliphatic hydroxyl groups excluding tert-OH is 1. The molecular formula is C18H13FN2O5. The molecule has 0 radical (unpaired) electrons. The number of benzene rings is 1. The van der Waals surface area contributed by atoms with E-state index >= 15 is 0 Å². The van der Waals surface area contributed by atoms with Gasteiger partial charge < -0.3 is 19.9 Å². The summed E-state index contributed by atoms with van der Waals surface area (Å²) < 4.78 is 15.6. The molecule has 1 aromatic carbocycles. The number of nitrogens with zero attached hydrogens (tertiary/aromatic N) is 2. The number of hydrogen-bond acceptors (Lipinski definition) is 5. The minimum Gasteiger partial charge on any atom is -0.508 e. The van der Waals surface area contributed by atoms with Crippen molar-refractivity contribution in [2.75, 3.05) is 6.61 Å². The van der Waals surface area contributed by atoms with Crippen LogP contribution in [-0.4, -0.2) is 37.4 Å². The Morgan fingerprint density at radius 3 is 2.50 bits per heavy atom. The van der Waals surface area contributed by atoms with Crippen molar-refractivity contribution < 1.29 is 24.5 Å². The van der Waals surface area contributed by atoms with Crippen LogP contribution in [0, 0.1) is 5.82 Å². The van der Waals surface area contributed by atoms with Gasteiger partial charge in [0.2, 0.25) is 5.43 Å². The normalized spacial score (nSPS) is 10.8. The number of carbonyl (C=O) groups is 1. The van der Waals surface area contributed by atoms with Crippen molar-refractivity contribution in [1.82, 2.24) is 9.55 Å². The molecule has 0 atom stereocenters. The van der Waals surface area contributed by atoms with Crippen LogP contribution in [-0.2, 0) is 0 Å². The highest BCUT2D eigenvalue weighted by Crippen LogP contribution is 2.23. The molecule has 0 aliphatic carbocycles. The average Bonchev–Trinajstić information content (AvgIpc) is 2.62. The Morgan fingerprint density at radius 2 is 1.92 bits per heavy atom. The Balaban J connectivity index is 2.45. The molecule has 3 aromatic rings. The van der Waals surface area contributed by atoms with Gasteiger partial charge in [0, 0.05) is 11.9 Å². The third kappa shape index (κ3) is 2.82. The van der Waals surface area contributed by atoms with Gasteiger partial charge in [-0.25, -0.2) is 14.2 Å². The van der Waals surface area contributed by atoms with Gasteiger partial charge in [0.25, 0.3) is 0 Å². The molecule has 0 bridgehead atoms. The summed E-state index contributed by atoms with van der Waals surface area (Å²) in [5.41, 5.74) is -1.26. The first-order valence-corrected chi connectivity index (χ1v) is 7.41. The van der Waals surface area contributed by atoms with Gasteiger partial charge in [-0.15, -0.1) is 0 Å². The molecule has 26 heavy (non-hydrogen) atoms. The van der Waals surface area contributed by atoms with Crippen LogP contribution in [0.15, 0.2) is 47.9 Å². The molecule has 3 N–H and O–H groups in total. The quantitative estimate of drug-likeness (QED) is 0.658. The van der Waals surface area contributed by atoms with Gasteiger partial charge >= 0.3 is 5.97 Å². The largest absolute Gasteiger partial charge is 0.508 e. The van der Waals surface area contributed by atoms with Crippen molar-refractivity contribution in [3.8, 4) is 11.4 Å². The van der Waals surface area contributed by atoms with E-state index in [0.29, 0.717) is 5.69 Å². The number of hydrogen-bond donors (Lipinski definition) is 3. The lowest BCUT2D eigenvalue weighted by atomic mass is 10.1. The van der Waals surface area contributed by atoms with E-state index in [9.17, 15) is 29.3 Å². The fourth-order valence-corrected chi connectivity index (χ4v) is 2.51. The van der Waals surface area contributed by atoms with Crippen LogP contribution >= 0.6 is 0 Å². The summed E-state index contributed by atoms with van der Waals surface area (Å²) in [6.07, 6.45) is 1.08. The highest BCUT2D eigenvalue weighted by atomic mass is 19.1. The van der Waals surface area contributed by atoms with Crippen molar-refractivity contribution >= 4 is 22.6 Å². The second kappa shape index (κ2) is 6.41. The number of halogens is 1. The molecule has 0 saturated carbocycles. The van der Waals surface area contributed by atoms with Crippen LogP contribution in [0.5, 0.6) is 5.75 Å². The van der Waals surface area contributed by atoms with Gasteiger partial charge in [-0.2, -0.15) is 0 Å². The Kier molecular flexibility index (Phi) is 4.27. The molecule has 8 heteroatoms. The van der Waals surface area contributed by atoms with Crippen molar-refractivity contribution in [3.63, 3.8) is 0 Å². The molecule has 3 rings (SSSR count). The van der Waals surface area contributed by atoms with Crippen LogP contribution in [0.4, 0.5) is 4.39 Å². The molecule has 0 aliphatic heterocycles. The number of aromatic hydroxyl groups is 1. The van der Waals surface area contributed by atoms with Crippen molar-refractivity contribution in [1.29, 1.82) is 0 Å². The van der Waals surface area contributed by atoms with Crippen molar-refractivity contribution in [2.24, 2.45) is 0 Å². The summed E-state index contributed by atoms with van der Waals surface area (Å²) in [6.45, 7) is 2.99. The Bertz CT molecular complexity index is 1100. The maximum absolute atomic E-state index is 14.3. The zero-order valence-electron chi connectivity index (χ0n) is 13.3. The third-order valence-corrected chi connectivity index (χ3v) is 3.82. The standard InChI is InChI=1S/C18H13FN2O5/c1-9(8-22)15-14(19)6-12-16(24)13(18(25)26)7-21(17(12)20-15)10-2-4-11(23)5-3-10/h2-7,22-23H,1,8H2,(H,25,26). The van der Waals surface area contributed by atoms with E-state index in [2.05, 4.69) is 11.6 Å². The van der Waals surface area contributed by atoms with Crippen molar-refractivity contribution in [2.45, 2.75) is 0 Å². The first-order chi connectivity index (χ1) is 12.3. The number of fused-ring (bicyclic) bond motifs is 1. The fraction of sp³-hybridized carbons (Fsp3) is 0.0556. The fourth-order valence-electron chi connectivity index (χ4n) is 2.51. The van der Waals surface area contributed by atoms with E-state index in [4.69, 9.17) is 0 Å². The number of aromatic nitrogens is 2. The molecule has 132 valence electrons. The number of phenols is 1. The molecule has 2 aromatic heterocycles. The summed E-state index contributed by atoms with van der Waals surface area (Å²) in [4.78, 5) is 27.9. The number of phenolic OH excluding ortho intramolecular Hbond substituents is 1. The summed E-state index contributed by atoms with van der Waals surface area (Å²) in [6, 6.07) is 6.59. The minimum absolute atomic E-state index is 0.00307. The van der Waals surface area contributed by atoms with Crippen molar-refractivity contribution in [3.05, 3.63) is 70.4 Å². The molecule has 0 amide bonds. The number of rotatable bonds is 4. The van der Waals surface area contributed by atoms with E-state index in [1.54, 1.807) is 0 Å². The smallest absolute Gasteiger partial charge is 0.341 e. The summed E-state index contributed by atoms with van der Waals surface area (Å²) >= 11 is 0. The molecule has 2 heterocycles. The molecule has 0 unspecified atom stereocenters. The average molecular weight is 356 g/mol. The lowest BCUT2D eigenvalue weighted by Crippen LogP contribution is -2.20. The minimum atomic E-state index is -1.46.